The molecule has 5 nitrogen and oxygen atoms in total. The molecule has 2 aromatic rings. The highest BCUT2D eigenvalue weighted by atomic mass is 32.2. The van der Waals surface area contributed by atoms with Gasteiger partial charge in [0.2, 0.25) is 5.91 Å². The highest BCUT2D eigenvalue weighted by Gasteiger charge is 2.34. The first kappa shape index (κ1) is 20.8. The van der Waals surface area contributed by atoms with E-state index in [1.807, 2.05) is 37.3 Å². The van der Waals surface area contributed by atoms with E-state index >= 15 is 0 Å². The number of thioether (sulfide) groups is 1. The summed E-state index contributed by atoms with van der Waals surface area (Å²) in [5.74, 6) is -0.828. The van der Waals surface area contributed by atoms with Crippen LogP contribution in [0.15, 0.2) is 59.5 Å². The molecule has 3 rings (SSSR count). The molecule has 1 atom stereocenters. The van der Waals surface area contributed by atoms with Crippen molar-refractivity contribution in [2.75, 3.05) is 13.1 Å². The summed E-state index contributed by atoms with van der Waals surface area (Å²) in [7, 11) is 0. The Bertz CT molecular complexity index is 929. The molecule has 3 amide bonds. The van der Waals surface area contributed by atoms with Gasteiger partial charge < -0.3 is 5.32 Å². The lowest BCUT2D eigenvalue weighted by Crippen LogP contribution is -2.37. The van der Waals surface area contributed by atoms with Crippen LogP contribution >= 0.6 is 11.8 Å². The SMILES string of the molecule is CC(CC(=O)NCCN1C(=O)S/C(=C\c2ccc(F)cc2)C1=O)c1ccccc1. The zero-order chi connectivity index (χ0) is 20.8. The molecule has 1 saturated heterocycles. The lowest BCUT2D eigenvalue weighted by molar-refractivity contribution is -0.124. The van der Waals surface area contributed by atoms with Gasteiger partial charge in [-0.25, -0.2) is 4.39 Å². The molecule has 29 heavy (non-hydrogen) atoms. The molecule has 1 aliphatic rings. The first-order valence-corrected chi connectivity index (χ1v) is 10.1. The van der Waals surface area contributed by atoms with Crippen molar-refractivity contribution in [2.45, 2.75) is 19.3 Å². The van der Waals surface area contributed by atoms with Crippen LogP contribution in [-0.2, 0) is 9.59 Å². The molecule has 1 fully saturated rings. The first-order valence-electron chi connectivity index (χ1n) is 9.26. The van der Waals surface area contributed by atoms with E-state index in [9.17, 15) is 18.8 Å². The summed E-state index contributed by atoms with van der Waals surface area (Å²) in [6.07, 6.45) is 1.89. The summed E-state index contributed by atoms with van der Waals surface area (Å²) in [5, 5.41) is 2.39. The van der Waals surface area contributed by atoms with E-state index in [1.54, 1.807) is 6.08 Å². The molecule has 150 valence electrons. The normalized spacial score (nSPS) is 16.3. The summed E-state index contributed by atoms with van der Waals surface area (Å²) >= 11 is 0.840. The van der Waals surface area contributed by atoms with Crippen molar-refractivity contribution in [1.82, 2.24) is 10.2 Å². The molecule has 0 spiro atoms. The highest BCUT2D eigenvalue weighted by molar-refractivity contribution is 8.18. The molecule has 7 heteroatoms. The van der Waals surface area contributed by atoms with Crippen molar-refractivity contribution < 1.29 is 18.8 Å². The monoisotopic (exact) mass is 412 g/mol. The summed E-state index contributed by atoms with van der Waals surface area (Å²) in [4.78, 5) is 38.1. The van der Waals surface area contributed by atoms with Gasteiger partial charge in [-0.1, -0.05) is 49.4 Å². The lowest BCUT2D eigenvalue weighted by Gasteiger charge is -2.15. The summed E-state index contributed by atoms with van der Waals surface area (Å²) in [6, 6.07) is 15.4. The van der Waals surface area contributed by atoms with Gasteiger partial charge in [-0.15, -0.1) is 0 Å². The average molecular weight is 412 g/mol. The number of nitrogens with zero attached hydrogens (tertiary/aromatic N) is 1. The van der Waals surface area contributed by atoms with Gasteiger partial charge in [-0.3, -0.25) is 19.3 Å². The number of imide groups is 1. The Morgan fingerprint density at radius 3 is 2.52 bits per heavy atom. The van der Waals surface area contributed by atoms with E-state index in [0.717, 1.165) is 22.2 Å². The number of hydrogen-bond acceptors (Lipinski definition) is 4. The molecule has 0 aliphatic carbocycles. The van der Waals surface area contributed by atoms with Crippen molar-refractivity contribution in [3.63, 3.8) is 0 Å². The summed E-state index contributed by atoms with van der Waals surface area (Å²) < 4.78 is 13.0. The number of carbonyl (C=O) groups excluding carboxylic acids is 3. The molecule has 1 heterocycles. The van der Waals surface area contributed by atoms with E-state index in [1.165, 1.54) is 24.3 Å². The van der Waals surface area contributed by atoms with Crippen LogP contribution < -0.4 is 5.32 Å². The molecule has 1 unspecified atom stereocenters. The average Bonchev–Trinajstić information content (AvgIpc) is 2.97. The van der Waals surface area contributed by atoms with Crippen LogP contribution in [0.3, 0.4) is 0 Å². The maximum absolute atomic E-state index is 13.0. The predicted molar refractivity (Wildman–Crippen MR) is 112 cm³/mol. The molecule has 0 saturated carbocycles. The second kappa shape index (κ2) is 9.52. The molecule has 0 radical (unpaired) electrons. The minimum Gasteiger partial charge on any atom is -0.354 e. The molecule has 0 aromatic heterocycles. The Kier molecular flexibility index (Phi) is 6.82. The fourth-order valence-electron chi connectivity index (χ4n) is 2.96. The maximum Gasteiger partial charge on any atom is 0.293 e. The zero-order valence-electron chi connectivity index (χ0n) is 15.9. The molecule has 1 aliphatic heterocycles. The van der Waals surface area contributed by atoms with Gasteiger partial charge in [-0.05, 0) is 47.0 Å². The van der Waals surface area contributed by atoms with Gasteiger partial charge in [0, 0.05) is 19.5 Å². The second-order valence-corrected chi connectivity index (χ2v) is 7.74. The number of halogens is 1. The van der Waals surface area contributed by atoms with Crippen molar-refractivity contribution in [3.8, 4) is 0 Å². The van der Waals surface area contributed by atoms with Gasteiger partial charge in [-0.2, -0.15) is 0 Å². The Morgan fingerprint density at radius 2 is 1.83 bits per heavy atom. The van der Waals surface area contributed by atoms with Crippen LogP contribution in [0, 0.1) is 5.82 Å². The van der Waals surface area contributed by atoms with Crippen molar-refractivity contribution >= 4 is 34.9 Å². The summed E-state index contributed by atoms with van der Waals surface area (Å²) in [6.45, 7) is 2.28. The van der Waals surface area contributed by atoms with Gasteiger partial charge in [0.05, 0.1) is 4.91 Å². The smallest absolute Gasteiger partial charge is 0.293 e. The standard InChI is InChI=1S/C22H21FN2O3S/c1-15(17-5-3-2-4-6-17)13-20(26)24-11-12-25-21(27)19(29-22(25)28)14-16-7-9-18(23)10-8-16/h2-10,14-15H,11-13H2,1H3,(H,24,26)/b19-14-. The third-order valence-corrected chi connectivity index (χ3v) is 5.47. The Balaban J connectivity index is 1.50. The van der Waals surface area contributed by atoms with Crippen LogP contribution in [0.4, 0.5) is 9.18 Å². The predicted octanol–water partition coefficient (Wildman–Crippen LogP) is 4.17. The van der Waals surface area contributed by atoms with Crippen LogP contribution in [0.1, 0.15) is 30.4 Å². The molecule has 0 bridgehead atoms. The molecule has 2 aromatic carbocycles. The zero-order valence-corrected chi connectivity index (χ0v) is 16.7. The van der Waals surface area contributed by atoms with Gasteiger partial charge in [0.25, 0.3) is 11.1 Å². The first-order chi connectivity index (χ1) is 13.9. The van der Waals surface area contributed by atoms with E-state index in [2.05, 4.69) is 5.32 Å². The molecule has 1 N–H and O–H groups in total. The van der Waals surface area contributed by atoms with Crippen molar-refractivity contribution in [2.24, 2.45) is 0 Å². The fourth-order valence-corrected chi connectivity index (χ4v) is 3.82. The van der Waals surface area contributed by atoms with Crippen LogP contribution in [0.25, 0.3) is 6.08 Å². The molecular weight excluding hydrogens is 391 g/mol. The van der Waals surface area contributed by atoms with Crippen LogP contribution in [-0.4, -0.2) is 35.0 Å². The number of nitrogens with one attached hydrogen (secondary N) is 1. The number of benzene rings is 2. The number of amides is 3. The number of hydrogen-bond donors (Lipinski definition) is 1. The number of rotatable bonds is 7. The van der Waals surface area contributed by atoms with Gasteiger partial charge >= 0.3 is 0 Å². The van der Waals surface area contributed by atoms with Crippen molar-refractivity contribution in [1.29, 1.82) is 0 Å². The third-order valence-electron chi connectivity index (χ3n) is 4.56. The van der Waals surface area contributed by atoms with Gasteiger partial charge in [0.15, 0.2) is 0 Å². The molecular formula is C22H21FN2O3S. The quantitative estimate of drug-likeness (QED) is 0.693. The van der Waals surface area contributed by atoms with Crippen LogP contribution in [0.5, 0.6) is 0 Å². The fraction of sp³-hybridized carbons (Fsp3) is 0.227. The minimum absolute atomic E-state index is 0.0760. The third kappa shape index (κ3) is 5.54. The lowest BCUT2D eigenvalue weighted by atomic mass is 9.98. The summed E-state index contributed by atoms with van der Waals surface area (Å²) in [5.41, 5.74) is 1.72. The Morgan fingerprint density at radius 1 is 1.14 bits per heavy atom. The largest absolute Gasteiger partial charge is 0.354 e. The van der Waals surface area contributed by atoms with E-state index < -0.39 is 5.91 Å². The van der Waals surface area contributed by atoms with E-state index in [-0.39, 0.29) is 40.9 Å². The Hall–Kier alpha value is -2.93. The van der Waals surface area contributed by atoms with E-state index in [4.69, 9.17) is 0 Å². The Labute approximate surface area is 173 Å². The maximum atomic E-state index is 13.0. The number of carbonyl (C=O) groups is 3. The second-order valence-electron chi connectivity index (χ2n) is 6.75. The van der Waals surface area contributed by atoms with Crippen LogP contribution in [0.2, 0.25) is 0 Å². The highest BCUT2D eigenvalue weighted by Crippen LogP contribution is 2.31. The van der Waals surface area contributed by atoms with Gasteiger partial charge in [0.1, 0.15) is 5.82 Å². The van der Waals surface area contributed by atoms with Crippen molar-refractivity contribution in [3.05, 3.63) is 76.4 Å². The topological polar surface area (TPSA) is 66.5 Å². The minimum atomic E-state index is -0.406. The van der Waals surface area contributed by atoms with E-state index in [0.29, 0.717) is 12.0 Å².